The largest absolute Gasteiger partial charge is 0.435 e. The van der Waals surface area contributed by atoms with Crippen LogP contribution in [0.5, 0.6) is 0 Å². The van der Waals surface area contributed by atoms with E-state index >= 15 is 0 Å². The van der Waals surface area contributed by atoms with Crippen molar-refractivity contribution < 1.29 is 13.2 Å². The summed E-state index contributed by atoms with van der Waals surface area (Å²) in [5, 5.41) is 3.37. The van der Waals surface area contributed by atoms with Crippen molar-refractivity contribution in [2.75, 3.05) is 5.73 Å². The number of pyridine rings is 1. The smallest absolute Gasteiger partial charge is 0.399 e. The molecule has 0 atom stereocenters. The van der Waals surface area contributed by atoms with Crippen LogP contribution in [0, 0.1) is 0 Å². The van der Waals surface area contributed by atoms with Gasteiger partial charge >= 0.3 is 6.18 Å². The molecule has 0 aliphatic heterocycles. The Bertz CT molecular complexity index is 503. The van der Waals surface area contributed by atoms with E-state index in [0.29, 0.717) is 5.69 Å². The molecule has 0 bridgehead atoms. The standard InChI is InChI=1S/C9H7F3N4/c10-9(11,12)7-2-4-16(15-7)8-5-6(13)1-3-14-8/h1-5H,(H2,13,14). The van der Waals surface area contributed by atoms with Gasteiger partial charge in [-0.2, -0.15) is 18.3 Å². The second-order valence-corrected chi connectivity index (χ2v) is 3.09. The van der Waals surface area contributed by atoms with Crippen molar-refractivity contribution >= 4 is 5.69 Å². The molecule has 0 radical (unpaired) electrons. The van der Waals surface area contributed by atoms with Gasteiger partial charge in [-0.25, -0.2) is 9.67 Å². The van der Waals surface area contributed by atoms with Crippen LogP contribution in [0.1, 0.15) is 5.69 Å². The van der Waals surface area contributed by atoms with Gasteiger partial charge in [-0.1, -0.05) is 0 Å². The minimum absolute atomic E-state index is 0.246. The van der Waals surface area contributed by atoms with Crippen molar-refractivity contribution in [1.29, 1.82) is 0 Å². The Hall–Kier alpha value is -2.05. The summed E-state index contributed by atoms with van der Waals surface area (Å²) >= 11 is 0. The van der Waals surface area contributed by atoms with Crippen molar-refractivity contribution in [2.45, 2.75) is 6.18 Å². The van der Waals surface area contributed by atoms with E-state index in [1.54, 1.807) is 0 Å². The fourth-order valence-corrected chi connectivity index (χ4v) is 1.16. The van der Waals surface area contributed by atoms with E-state index in [9.17, 15) is 13.2 Å². The van der Waals surface area contributed by atoms with Gasteiger partial charge < -0.3 is 5.73 Å². The van der Waals surface area contributed by atoms with Gasteiger partial charge in [-0.15, -0.1) is 0 Å². The highest BCUT2D eigenvalue weighted by atomic mass is 19.4. The molecule has 0 aliphatic rings. The van der Waals surface area contributed by atoms with E-state index in [1.165, 1.54) is 24.5 Å². The van der Waals surface area contributed by atoms with Gasteiger partial charge in [0, 0.05) is 24.1 Å². The van der Waals surface area contributed by atoms with Crippen LogP contribution in [-0.4, -0.2) is 14.8 Å². The van der Waals surface area contributed by atoms with E-state index in [4.69, 9.17) is 5.73 Å². The van der Waals surface area contributed by atoms with Gasteiger partial charge in [0.2, 0.25) is 0 Å². The van der Waals surface area contributed by atoms with E-state index in [1.807, 2.05) is 0 Å². The average Bonchev–Trinajstić information content (AvgIpc) is 2.65. The van der Waals surface area contributed by atoms with Crippen LogP contribution in [0.25, 0.3) is 5.82 Å². The van der Waals surface area contributed by atoms with Crippen molar-refractivity contribution in [1.82, 2.24) is 14.8 Å². The number of alkyl halides is 3. The molecule has 2 N–H and O–H groups in total. The summed E-state index contributed by atoms with van der Waals surface area (Å²) in [6.07, 6.45) is -1.87. The van der Waals surface area contributed by atoms with Crippen molar-refractivity contribution in [2.24, 2.45) is 0 Å². The lowest BCUT2D eigenvalue weighted by atomic mass is 10.4. The molecule has 0 aromatic carbocycles. The van der Waals surface area contributed by atoms with Crippen LogP contribution >= 0.6 is 0 Å². The predicted octanol–water partition coefficient (Wildman–Crippen LogP) is 1.87. The highest BCUT2D eigenvalue weighted by Gasteiger charge is 2.33. The zero-order valence-electron chi connectivity index (χ0n) is 7.94. The molecule has 0 saturated carbocycles. The van der Waals surface area contributed by atoms with Crippen LogP contribution in [0.3, 0.4) is 0 Å². The molecule has 0 amide bonds. The van der Waals surface area contributed by atoms with Gasteiger partial charge in [0.05, 0.1) is 0 Å². The molecule has 2 rings (SSSR count). The number of aromatic nitrogens is 3. The molecule has 16 heavy (non-hydrogen) atoms. The molecule has 4 nitrogen and oxygen atoms in total. The Kier molecular flexibility index (Phi) is 2.30. The molecule has 84 valence electrons. The van der Waals surface area contributed by atoms with E-state index in [0.717, 1.165) is 10.7 Å². The third kappa shape index (κ3) is 1.97. The van der Waals surface area contributed by atoms with Crippen LogP contribution < -0.4 is 5.73 Å². The molecule has 0 aliphatic carbocycles. The summed E-state index contributed by atoms with van der Waals surface area (Å²) in [6, 6.07) is 3.86. The first-order valence-corrected chi connectivity index (χ1v) is 4.31. The van der Waals surface area contributed by atoms with Crippen molar-refractivity contribution in [3.05, 3.63) is 36.3 Å². The van der Waals surface area contributed by atoms with Crippen LogP contribution in [0.2, 0.25) is 0 Å². The Morgan fingerprint density at radius 1 is 1.25 bits per heavy atom. The normalized spacial score (nSPS) is 11.7. The SMILES string of the molecule is Nc1ccnc(-n2ccc(C(F)(F)F)n2)c1. The van der Waals surface area contributed by atoms with Crippen LogP contribution in [-0.2, 0) is 6.18 Å². The maximum atomic E-state index is 12.3. The Balaban J connectivity index is 2.39. The lowest BCUT2D eigenvalue weighted by Crippen LogP contribution is -2.07. The highest BCUT2D eigenvalue weighted by molar-refractivity contribution is 5.42. The topological polar surface area (TPSA) is 56.7 Å². The van der Waals surface area contributed by atoms with E-state index < -0.39 is 11.9 Å². The first-order valence-electron chi connectivity index (χ1n) is 4.31. The predicted molar refractivity (Wildman–Crippen MR) is 50.8 cm³/mol. The van der Waals surface area contributed by atoms with Crippen LogP contribution in [0.4, 0.5) is 18.9 Å². The molecule has 2 aromatic heterocycles. The average molecular weight is 228 g/mol. The Morgan fingerprint density at radius 3 is 2.56 bits per heavy atom. The van der Waals surface area contributed by atoms with Gasteiger partial charge in [0.1, 0.15) is 0 Å². The minimum atomic E-state index is -4.45. The first-order chi connectivity index (χ1) is 7.47. The summed E-state index contributed by atoms with van der Waals surface area (Å²) < 4.78 is 37.9. The highest BCUT2D eigenvalue weighted by Crippen LogP contribution is 2.27. The third-order valence-electron chi connectivity index (χ3n) is 1.88. The molecule has 7 heteroatoms. The number of nitrogen functional groups attached to an aromatic ring is 1. The summed E-state index contributed by atoms with van der Waals surface area (Å²) in [4.78, 5) is 3.86. The Labute approximate surface area is 88.5 Å². The van der Waals surface area contributed by atoms with Gasteiger partial charge in [0.15, 0.2) is 11.5 Å². The molecular weight excluding hydrogens is 221 g/mol. The molecule has 0 saturated heterocycles. The molecule has 2 heterocycles. The summed E-state index contributed by atoms with van der Waals surface area (Å²) in [5.74, 6) is 0.246. The second kappa shape index (κ2) is 3.51. The Morgan fingerprint density at radius 2 is 2.00 bits per heavy atom. The molecule has 0 spiro atoms. The molecular formula is C9H7F3N4. The fraction of sp³-hybridized carbons (Fsp3) is 0.111. The zero-order chi connectivity index (χ0) is 11.8. The quantitative estimate of drug-likeness (QED) is 0.810. The molecule has 0 unspecified atom stereocenters. The summed E-state index contributed by atoms with van der Waals surface area (Å²) in [6.45, 7) is 0. The van der Waals surface area contributed by atoms with E-state index in [-0.39, 0.29) is 5.82 Å². The van der Waals surface area contributed by atoms with Gasteiger partial charge in [-0.05, 0) is 12.1 Å². The number of hydrogen-bond donors (Lipinski definition) is 1. The number of halogens is 3. The third-order valence-corrected chi connectivity index (χ3v) is 1.88. The number of nitrogens with two attached hydrogens (primary N) is 1. The number of rotatable bonds is 1. The second-order valence-electron chi connectivity index (χ2n) is 3.09. The van der Waals surface area contributed by atoms with Gasteiger partial charge in [-0.3, -0.25) is 0 Å². The maximum absolute atomic E-state index is 12.3. The van der Waals surface area contributed by atoms with Crippen LogP contribution in [0.15, 0.2) is 30.6 Å². The monoisotopic (exact) mass is 228 g/mol. The minimum Gasteiger partial charge on any atom is -0.399 e. The molecule has 0 fully saturated rings. The van der Waals surface area contributed by atoms with Gasteiger partial charge in [0.25, 0.3) is 0 Å². The van der Waals surface area contributed by atoms with Crippen molar-refractivity contribution in [3.8, 4) is 5.82 Å². The summed E-state index contributed by atoms with van der Waals surface area (Å²) in [5.41, 5.74) is 4.93. The van der Waals surface area contributed by atoms with E-state index in [2.05, 4.69) is 10.1 Å². The zero-order valence-corrected chi connectivity index (χ0v) is 7.94. The number of hydrogen-bond acceptors (Lipinski definition) is 3. The van der Waals surface area contributed by atoms with Crippen molar-refractivity contribution in [3.63, 3.8) is 0 Å². The summed E-state index contributed by atoms with van der Waals surface area (Å²) in [7, 11) is 0. The number of anilines is 1. The molecule has 2 aromatic rings. The lowest BCUT2D eigenvalue weighted by Gasteiger charge is -2.02. The lowest BCUT2D eigenvalue weighted by molar-refractivity contribution is -0.141. The maximum Gasteiger partial charge on any atom is 0.435 e. The number of nitrogens with zero attached hydrogens (tertiary/aromatic N) is 3. The fourth-order valence-electron chi connectivity index (χ4n) is 1.16. The first kappa shape index (κ1) is 10.5.